The monoisotopic (exact) mass is 340 g/mol. The molecule has 0 bridgehead atoms. The van der Waals surface area contributed by atoms with Gasteiger partial charge >= 0.3 is 0 Å². The number of rotatable bonds is 4. The molecule has 0 spiro atoms. The van der Waals surface area contributed by atoms with Crippen LogP contribution in [0.2, 0.25) is 0 Å². The summed E-state index contributed by atoms with van der Waals surface area (Å²) in [5, 5.41) is 4.16. The highest BCUT2D eigenvalue weighted by Crippen LogP contribution is 2.42. The molecule has 2 aromatic carbocycles. The first-order valence-electron chi connectivity index (χ1n) is 8.43. The SMILES string of the molecule is c1ccc(CC2=C(Cc3ccccc3)c3nc4cscc4nc32)cc1. The van der Waals surface area contributed by atoms with Crippen molar-refractivity contribution < 1.29 is 0 Å². The van der Waals surface area contributed by atoms with E-state index in [1.807, 2.05) is 0 Å². The van der Waals surface area contributed by atoms with Crippen LogP contribution in [0.4, 0.5) is 0 Å². The molecule has 4 aromatic rings. The molecule has 120 valence electrons. The van der Waals surface area contributed by atoms with Gasteiger partial charge in [0.2, 0.25) is 0 Å². The molecule has 2 aromatic heterocycles. The van der Waals surface area contributed by atoms with Crippen molar-refractivity contribution in [2.75, 3.05) is 0 Å². The van der Waals surface area contributed by atoms with E-state index in [-0.39, 0.29) is 0 Å². The molecule has 0 amide bonds. The summed E-state index contributed by atoms with van der Waals surface area (Å²) < 4.78 is 0. The highest BCUT2D eigenvalue weighted by atomic mass is 32.1. The van der Waals surface area contributed by atoms with E-state index in [4.69, 9.17) is 9.97 Å². The zero-order valence-corrected chi connectivity index (χ0v) is 14.5. The molecular weight excluding hydrogens is 324 g/mol. The lowest BCUT2D eigenvalue weighted by atomic mass is 9.81. The second-order valence-electron chi connectivity index (χ2n) is 6.34. The predicted octanol–water partition coefficient (Wildman–Crippen LogP) is 5.40. The van der Waals surface area contributed by atoms with Crippen molar-refractivity contribution in [1.29, 1.82) is 0 Å². The molecule has 0 atom stereocenters. The van der Waals surface area contributed by atoms with Gasteiger partial charge in [-0.2, -0.15) is 0 Å². The summed E-state index contributed by atoms with van der Waals surface area (Å²) in [5.74, 6) is 0. The first-order valence-corrected chi connectivity index (χ1v) is 9.37. The van der Waals surface area contributed by atoms with E-state index < -0.39 is 0 Å². The average Bonchev–Trinajstić information content (AvgIpc) is 3.13. The van der Waals surface area contributed by atoms with Crippen molar-refractivity contribution in [2.45, 2.75) is 12.8 Å². The summed E-state index contributed by atoms with van der Waals surface area (Å²) in [6, 6.07) is 21.2. The lowest BCUT2D eigenvalue weighted by Gasteiger charge is -2.26. The maximum Gasteiger partial charge on any atom is 0.100 e. The normalized spacial score (nSPS) is 13.0. The van der Waals surface area contributed by atoms with Crippen LogP contribution in [0, 0.1) is 0 Å². The van der Waals surface area contributed by atoms with Crippen LogP contribution in [0.15, 0.2) is 71.4 Å². The lowest BCUT2D eigenvalue weighted by Crippen LogP contribution is -2.15. The van der Waals surface area contributed by atoms with Crippen LogP contribution in [-0.2, 0) is 12.8 Å². The predicted molar refractivity (Wildman–Crippen MR) is 105 cm³/mol. The third-order valence-corrected chi connectivity index (χ3v) is 5.41. The topological polar surface area (TPSA) is 25.8 Å². The van der Waals surface area contributed by atoms with Crippen LogP contribution in [0.1, 0.15) is 22.5 Å². The van der Waals surface area contributed by atoms with Crippen LogP contribution in [0.5, 0.6) is 0 Å². The van der Waals surface area contributed by atoms with Gasteiger partial charge in [-0.25, -0.2) is 9.97 Å². The minimum absolute atomic E-state index is 0.917. The van der Waals surface area contributed by atoms with E-state index in [0.717, 1.165) is 35.3 Å². The van der Waals surface area contributed by atoms with Crippen LogP contribution < -0.4 is 0 Å². The largest absolute Gasteiger partial charge is 0.243 e. The number of allylic oxidation sites excluding steroid dienone is 2. The van der Waals surface area contributed by atoms with Gasteiger partial charge < -0.3 is 0 Å². The summed E-state index contributed by atoms with van der Waals surface area (Å²) in [4.78, 5) is 9.76. The van der Waals surface area contributed by atoms with Gasteiger partial charge in [0.15, 0.2) is 0 Å². The van der Waals surface area contributed by atoms with Crippen molar-refractivity contribution in [1.82, 2.24) is 9.97 Å². The molecule has 2 heterocycles. The molecule has 0 N–H and O–H groups in total. The minimum atomic E-state index is 0.917. The Kier molecular flexibility index (Phi) is 3.46. The van der Waals surface area contributed by atoms with E-state index in [1.165, 1.54) is 22.3 Å². The van der Waals surface area contributed by atoms with Gasteiger partial charge in [0.05, 0.1) is 11.4 Å². The number of aromatic nitrogens is 2. The summed E-state index contributed by atoms with van der Waals surface area (Å²) in [6.45, 7) is 0. The number of hydrogen-bond donors (Lipinski definition) is 0. The Morgan fingerprint density at radius 2 is 1.04 bits per heavy atom. The Morgan fingerprint density at radius 1 is 0.600 bits per heavy atom. The Bertz CT molecular complexity index is 993. The smallest absolute Gasteiger partial charge is 0.100 e. The van der Waals surface area contributed by atoms with Crippen molar-refractivity contribution in [3.8, 4) is 0 Å². The fourth-order valence-electron chi connectivity index (χ4n) is 3.42. The molecule has 5 rings (SSSR count). The second-order valence-corrected chi connectivity index (χ2v) is 7.09. The highest BCUT2D eigenvalue weighted by molar-refractivity contribution is 7.09. The molecule has 25 heavy (non-hydrogen) atoms. The molecule has 1 aliphatic rings. The van der Waals surface area contributed by atoms with Crippen LogP contribution in [0.25, 0.3) is 22.2 Å². The van der Waals surface area contributed by atoms with Crippen molar-refractivity contribution in [2.24, 2.45) is 0 Å². The first-order chi connectivity index (χ1) is 12.4. The number of thiophene rings is 1. The zero-order valence-electron chi connectivity index (χ0n) is 13.6. The minimum Gasteiger partial charge on any atom is -0.243 e. The van der Waals surface area contributed by atoms with Crippen molar-refractivity contribution in [3.05, 3.63) is 93.9 Å². The molecule has 2 nitrogen and oxygen atoms in total. The summed E-state index contributed by atoms with van der Waals surface area (Å²) in [5.41, 5.74) is 9.50. The van der Waals surface area contributed by atoms with Gasteiger partial charge in [-0.15, -0.1) is 11.3 Å². The molecule has 0 radical (unpaired) electrons. The Morgan fingerprint density at radius 3 is 1.48 bits per heavy atom. The number of hydrogen-bond acceptors (Lipinski definition) is 3. The van der Waals surface area contributed by atoms with Crippen molar-refractivity contribution >= 4 is 33.5 Å². The molecule has 0 saturated carbocycles. The second kappa shape index (κ2) is 5.94. The Balaban J connectivity index is 1.59. The molecule has 0 aliphatic heterocycles. The Hall–Kier alpha value is -2.78. The molecule has 1 aliphatic carbocycles. The maximum atomic E-state index is 4.88. The number of nitrogens with zero attached hydrogens (tertiary/aromatic N) is 2. The third kappa shape index (κ3) is 2.57. The van der Waals surface area contributed by atoms with E-state index >= 15 is 0 Å². The Labute approximate surface area is 150 Å². The van der Waals surface area contributed by atoms with Crippen LogP contribution in [0.3, 0.4) is 0 Å². The number of benzene rings is 2. The zero-order chi connectivity index (χ0) is 16.6. The van der Waals surface area contributed by atoms with E-state index in [0.29, 0.717) is 0 Å². The fourth-order valence-corrected chi connectivity index (χ4v) is 4.10. The summed E-state index contributed by atoms with van der Waals surface area (Å²) in [6.07, 6.45) is 1.83. The first kappa shape index (κ1) is 14.6. The highest BCUT2D eigenvalue weighted by Gasteiger charge is 2.29. The van der Waals surface area contributed by atoms with E-state index in [1.54, 1.807) is 11.3 Å². The van der Waals surface area contributed by atoms with Crippen LogP contribution >= 0.6 is 11.3 Å². The van der Waals surface area contributed by atoms with Gasteiger partial charge in [-0.3, -0.25) is 0 Å². The lowest BCUT2D eigenvalue weighted by molar-refractivity contribution is 1.09. The molecule has 0 saturated heterocycles. The molecular formula is C22H16N2S. The summed E-state index contributed by atoms with van der Waals surface area (Å²) in [7, 11) is 0. The van der Waals surface area contributed by atoms with Gasteiger partial charge in [-0.1, -0.05) is 60.7 Å². The summed E-state index contributed by atoms with van der Waals surface area (Å²) >= 11 is 1.66. The quantitative estimate of drug-likeness (QED) is 0.497. The molecule has 0 fully saturated rings. The maximum absolute atomic E-state index is 4.88. The van der Waals surface area contributed by atoms with Gasteiger partial charge in [0.1, 0.15) is 11.0 Å². The number of fused-ring (bicyclic) bond motifs is 2. The van der Waals surface area contributed by atoms with Gasteiger partial charge in [-0.05, 0) is 22.3 Å². The third-order valence-electron chi connectivity index (χ3n) is 4.69. The average molecular weight is 340 g/mol. The fraction of sp³-hybridized carbons (Fsp3) is 0.0909. The van der Waals surface area contributed by atoms with E-state index in [2.05, 4.69) is 71.4 Å². The standard InChI is InChI=1S/C22H16N2S/c1-3-7-15(8-4-1)11-17-18(12-16-9-5-2-6-10-16)22-21(17)23-19-13-25-14-20(19)24-22/h1-10,13-14H,11-12H2. The molecule has 0 unspecified atom stereocenters. The van der Waals surface area contributed by atoms with E-state index in [9.17, 15) is 0 Å². The van der Waals surface area contributed by atoms with Crippen LogP contribution in [-0.4, -0.2) is 9.97 Å². The van der Waals surface area contributed by atoms with Crippen molar-refractivity contribution in [3.63, 3.8) is 0 Å². The molecule has 3 heteroatoms. The van der Waals surface area contributed by atoms with Gasteiger partial charge in [0, 0.05) is 23.6 Å². The van der Waals surface area contributed by atoms with Gasteiger partial charge in [0.25, 0.3) is 0 Å².